The van der Waals surface area contributed by atoms with Gasteiger partial charge in [0.2, 0.25) is 9.84 Å². The second-order valence-electron chi connectivity index (χ2n) is 3.91. The van der Waals surface area contributed by atoms with Gasteiger partial charge in [-0.05, 0) is 42.8 Å². The van der Waals surface area contributed by atoms with E-state index < -0.39 is 15.8 Å². The van der Waals surface area contributed by atoms with Crippen molar-refractivity contribution in [2.24, 2.45) is 0 Å². The average Bonchev–Trinajstić information content (AvgIpc) is 2.88. The van der Waals surface area contributed by atoms with Crippen molar-refractivity contribution in [1.82, 2.24) is 0 Å². The summed E-state index contributed by atoms with van der Waals surface area (Å²) in [5.41, 5.74) is 0.0689. The van der Waals surface area contributed by atoms with E-state index in [0.717, 1.165) is 11.3 Å². The molecule has 1 N–H and O–H groups in total. The molecule has 0 saturated heterocycles. The average molecular weight is 296 g/mol. The number of aryl methyl sites for hydroxylation is 1. The Morgan fingerprint density at radius 2 is 1.79 bits per heavy atom. The summed E-state index contributed by atoms with van der Waals surface area (Å²) < 4.78 is 24.9. The molecule has 4 nitrogen and oxygen atoms in total. The SMILES string of the molecule is CCc1ccc(S(=O)(=O)c2ccc(C(=O)O)cc2)s1. The Morgan fingerprint density at radius 3 is 2.26 bits per heavy atom. The molecule has 2 rings (SSSR count). The fourth-order valence-corrected chi connectivity index (χ4v) is 4.28. The van der Waals surface area contributed by atoms with E-state index in [1.165, 1.54) is 35.6 Å². The molecular formula is C13H12O4S2. The first-order valence-corrected chi connectivity index (χ1v) is 7.92. The molecule has 0 amide bonds. The molecule has 0 radical (unpaired) electrons. The Labute approximate surface area is 115 Å². The van der Waals surface area contributed by atoms with Gasteiger partial charge in [-0.1, -0.05) is 6.92 Å². The third kappa shape index (κ3) is 2.69. The van der Waals surface area contributed by atoms with Crippen LogP contribution in [0.2, 0.25) is 0 Å². The summed E-state index contributed by atoms with van der Waals surface area (Å²) in [4.78, 5) is 11.8. The lowest BCUT2D eigenvalue weighted by Gasteiger charge is -2.02. The Hall–Kier alpha value is -1.66. The zero-order valence-corrected chi connectivity index (χ0v) is 11.8. The van der Waals surface area contributed by atoms with E-state index in [2.05, 4.69) is 0 Å². The number of carboxylic acid groups (broad SMARTS) is 1. The second-order valence-corrected chi connectivity index (χ2v) is 7.25. The summed E-state index contributed by atoms with van der Waals surface area (Å²) in [6.45, 7) is 1.96. The maximum atomic E-state index is 12.3. The van der Waals surface area contributed by atoms with Gasteiger partial charge in [0.05, 0.1) is 10.5 Å². The van der Waals surface area contributed by atoms with Crippen LogP contribution in [0.3, 0.4) is 0 Å². The molecule has 0 aliphatic rings. The molecule has 0 bridgehead atoms. The number of thiophene rings is 1. The van der Waals surface area contributed by atoms with Crippen LogP contribution in [-0.2, 0) is 16.3 Å². The van der Waals surface area contributed by atoms with Gasteiger partial charge in [0.15, 0.2) is 0 Å². The van der Waals surface area contributed by atoms with Crippen molar-refractivity contribution in [1.29, 1.82) is 0 Å². The number of benzene rings is 1. The van der Waals surface area contributed by atoms with Crippen molar-refractivity contribution in [2.75, 3.05) is 0 Å². The van der Waals surface area contributed by atoms with Crippen LogP contribution in [0.25, 0.3) is 0 Å². The highest BCUT2D eigenvalue weighted by atomic mass is 32.2. The van der Waals surface area contributed by atoms with E-state index in [4.69, 9.17) is 5.11 Å². The van der Waals surface area contributed by atoms with Crippen molar-refractivity contribution >= 4 is 27.1 Å². The molecule has 0 atom stereocenters. The van der Waals surface area contributed by atoms with Crippen molar-refractivity contribution in [3.05, 3.63) is 46.8 Å². The predicted molar refractivity (Wildman–Crippen MR) is 72.6 cm³/mol. The summed E-state index contributed by atoms with van der Waals surface area (Å²) in [6.07, 6.45) is 0.790. The smallest absolute Gasteiger partial charge is 0.335 e. The maximum Gasteiger partial charge on any atom is 0.335 e. The Balaban J connectivity index is 2.41. The maximum absolute atomic E-state index is 12.3. The third-order valence-corrected chi connectivity index (χ3v) is 6.15. The number of hydrogen-bond acceptors (Lipinski definition) is 4. The van der Waals surface area contributed by atoms with Crippen LogP contribution in [0.15, 0.2) is 45.5 Å². The topological polar surface area (TPSA) is 71.4 Å². The molecule has 0 spiro atoms. The number of carbonyl (C=O) groups is 1. The highest BCUT2D eigenvalue weighted by Gasteiger charge is 2.20. The molecule has 2 aromatic rings. The highest BCUT2D eigenvalue weighted by molar-refractivity contribution is 7.93. The van der Waals surface area contributed by atoms with Crippen molar-refractivity contribution in [2.45, 2.75) is 22.4 Å². The lowest BCUT2D eigenvalue weighted by molar-refractivity contribution is 0.0697. The van der Waals surface area contributed by atoms with E-state index in [0.29, 0.717) is 0 Å². The van der Waals surface area contributed by atoms with E-state index in [1.807, 2.05) is 6.92 Å². The van der Waals surface area contributed by atoms with Gasteiger partial charge in [0, 0.05) is 4.88 Å². The van der Waals surface area contributed by atoms with Gasteiger partial charge in [-0.15, -0.1) is 11.3 Å². The van der Waals surface area contributed by atoms with Crippen molar-refractivity contribution < 1.29 is 18.3 Å². The minimum Gasteiger partial charge on any atom is -0.478 e. The predicted octanol–water partition coefficient (Wildman–Crippen LogP) is 2.84. The fourth-order valence-electron chi connectivity index (χ4n) is 1.59. The molecule has 0 aliphatic heterocycles. The van der Waals surface area contributed by atoms with Crippen LogP contribution in [0.1, 0.15) is 22.2 Å². The number of carboxylic acids is 1. The quantitative estimate of drug-likeness (QED) is 0.941. The lowest BCUT2D eigenvalue weighted by atomic mass is 10.2. The van der Waals surface area contributed by atoms with Crippen LogP contribution < -0.4 is 0 Å². The molecule has 6 heteroatoms. The van der Waals surface area contributed by atoms with Crippen molar-refractivity contribution in [3.63, 3.8) is 0 Å². The molecular weight excluding hydrogens is 284 g/mol. The van der Waals surface area contributed by atoms with Crippen LogP contribution in [0, 0.1) is 0 Å². The van der Waals surface area contributed by atoms with Crippen molar-refractivity contribution in [3.8, 4) is 0 Å². The van der Waals surface area contributed by atoms with Crippen LogP contribution in [0.4, 0.5) is 0 Å². The molecule has 0 unspecified atom stereocenters. The van der Waals surface area contributed by atoms with E-state index in [1.54, 1.807) is 12.1 Å². The molecule has 1 aromatic carbocycles. The Kier molecular flexibility index (Phi) is 3.73. The van der Waals surface area contributed by atoms with Crippen LogP contribution in [0.5, 0.6) is 0 Å². The second kappa shape index (κ2) is 5.14. The zero-order chi connectivity index (χ0) is 14.0. The third-order valence-electron chi connectivity index (χ3n) is 2.66. The van der Waals surface area contributed by atoms with E-state index in [9.17, 15) is 13.2 Å². The molecule has 1 aromatic heterocycles. The normalized spacial score (nSPS) is 11.4. The minimum atomic E-state index is -3.55. The lowest BCUT2D eigenvalue weighted by Crippen LogP contribution is -2.01. The monoisotopic (exact) mass is 296 g/mol. The first-order chi connectivity index (χ1) is 8.95. The van der Waals surface area contributed by atoms with Gasteiger partial charge < -0.3 is 5.11 Å². The molecule has 100 valence electrons. The first kappa shape index (κ1) is 13.8. The number of sulfone groups is 1. The van der Waals surface area contributed by atoms with Crippen LogP contribution in [-0.4, -0.2) is 19.5 Å². The van der Waals surface area contributed by atoms with Gasteiger partial charge in [-0.25, -0.2) is 13.2 Å². The van der Waals surface area contributed by atoms with Crippen LogP contribution >= 0.6 is 11.3 Å². The summed E-state index contributed by atoms with van der Waals surface area (Å²) in [5, 5.41) is 8.78. The molecule has 0 aliphatic carbocycles. The van der Waals surface area contributed by atoms with Gasteiger partial charge in [0.1, 0.15) is 4.21 Å². The number of hydrogen-bond donors (Lipinski definition) is 1. The van der Waals surface area contributed by atoms with Gasteiger partial charge in [-0.3, -0.25) is 0 Å². The van der Waals surface area contributed by atoms with E-state index in [-0.39, 0.29) is 14.7 Å². The Bertz CT molecular complexity index is 696. The van der Waals surface area contributed by atoms with Gasteiger partial charge in [0.25, 0.3) is 0 Å². The van der Waals surface area contributed by atoms with Gasteiger partial charge in [-0.2, -0.15) is 0 Å². The summed E-state index contributed by atoms with van der Waals surface area (Å²) in [5.74, 6) is -1.08. The summed E-state index contributed by atoms with van der Waals surface area (Å²) in [7, 11) is -3.55. The minimum absolute atomic E-state index is 0.0689. The molecule has 19 heavy (non-hydrogen) atoms. The zero-order valence-electron chi connectivity index (χ0n) is 10.2. The fraction of sp³-hybridized carbons (Fsp3) is 0.154. The standard InChI is InChI=1S/C13H12O4S2/c1-2-10-5-8-12(18-10)19(16,17)11-6-3-9(4-7-11)13(14)15/h3-8H,2H2,1H3,(H,14,15). The highest BCUT2D eigenvalue weighted by Crippen LogP contribution is 2.28. The summed E-state index contributed by atoms with van der Waals surface area (Å²) in [6, 6.07) is 8.62. The number of aromatic carboxylic acids is 1. The largest absolute Gasteiger partial charge is 0.478 e. The van der Waals surface area contributed by atoms with E-state index >= 15 is 0 Å². The van der Waals surface area contributed by atoms with Gasteiger partial charge >= 0.3 is 5.97 Å². The molecule has 0 saturated carbocycles. The Morgan fingerprint density at radius 1 is 1.16 bits per heavy atom. The summed E-state index contributed by atoms with van der Waals surface area (Å²) >= 11 is 1.24. The first-order valence-electron chi connectivity index (χ1n) is 5.62. The number of rotatable bonds is 4. The molecule has 1 heterocycles. The molecule has 0 fully saturated rings.